The van der Waals surface area contributed by atoms with Crippen LogP contribution in [0.15, 0.2) is 0 Å². The molecule has 0 heterocycles. The van der Waals surface area contributed by atoms with Crippen LogP contribution in [0.25, 0.3) is 0 Å². The van der Waals surface area contributed by atoms with Gasteiger partial charge in [0.1, 0.15) is 0 Å². The lowest BCUT2D eigenvalue weighted by Gasteiger charge is -2.32. The minimum atomic E-state index is 0.0394. The van der Waals surface area contributed by atoms with Gasteiger partial charge in [0.2, 0.25) is 0 Å². The predicted molar refractivity (Wildman–Crippen MR) is 44.2 cm³/mol. The van der Waals surface area contributed by atoms with Gasteiger partial charge in [-0.15, -0.1) is 0 Å². The molecule has 0 aromatic rings. The molecule has 0 aromatic carbocycles. The van der Waals surface area contributed by atoms with Crippen molar-refractivity contribution in [1.82, 2.24) is 0 Å². The predicted octanol–water partition coefficient (Wildman–Crippen LogP) is 1.15. The molecular formula is C9H17NO. The smallest absolute Gasteiger partial charge is 0.0645 e. The molecule has 2 N–H and O–H groups in total. The minimum Gasteiger partial charge on any atom is -0.383 e. The van der Waals surface area contributed by atoms with Crippen molar-refractivity contribution >= 4 is 0 Å². The highest BCUT2D eigenvalue weighted by Crippen LogP contribution is 2.49. The average Bonchev–Trinajstić information content (AvgIpc) is 2.45. The van der Waals surface area contributed by atoms with Crippen LogP contribution in [0.5, 0.6) is 0 Å². The van der Waals surface area contributed by atoms with E-state index in [-0.39, 0.29) is 5.54 Å². The Kier molecular flexibility index (Phi) is 1.69. The topological polar surface area (TPSA) is 35.2 Å². The zero-order chi connectivity index (χ0) is 7.90. The van der Waals surface area contributed by atoms with Crippen molar-refractivity contribution in [2.24, 2.45) is 17.6 Å². The fraction of sp³-hybridized carbons (Fsp3) is 1.00. The van der Waals surface area contributed by atoms with Crippen LogP contribution in [-0.4, -0.2) is 19.3 Å². The maximum atomic E-state index is 6.23. The van der Waals surface area contributed by atoms with Crippen molar-refractivity contribution in [3.63, 3.8) is 0 Å². The van der Waals surface area contributed by atoms with Crippen LogP contribution < -0.4 is 5.73 Å². The molecule has 0 saturated heterocycles. The third-order valence-electron chi connectivity index (χ3n) is 3.44. The maximum Gasteiger partial charge on any atom is 0.0645 e. The van der Waals surface area contributed by atoms with E-state index in [1.165, 1.54) is 25.7 Å². The van der Waals surface area contributed by atoms with E-state index in [4.69, 9.17) is 10.5 Å². The van der Waals surface area contributed by atoms with Crippen molar-refractivity contribution in [2.45, 2.75) is 31.2 Å². The summed E-state index contributed by atoms with van der Waals surface area (Å²) in [5, 5.41) is 0. The second kappa shape index (κ2) is 2.46. The number of ether oxygens (including phenoxy) is 1. The van der Waals surface area contributed by atoms with E-state index < -0.39 is 0 Å². The highest BCUT2D eigenvalue weighted by atomic mass is 16.5. The summed E-state index contributed by atoms with van der Waals surface area (Å²) < 4.78 is 5.16. The Morgan fingerprint density at radius 2 is 2.36 bits per heavy atom. The lowest BCUT2D eigenvalue weighted by molar-refractivity contribution is 0.0973. The normalized spacial score (nSPS) is 48.5. The second-order valence-electron chi connectivity index (χ2n) is 4.25. The third kappa shape index (κ3) is 1.09. The van der Waals surface area contributed by atoms with Crippen LogP contribution in [0.3, 0.4) is 0 Å². The summed E-state index contributed by atoms with van der Waals surface area (Å²) in [5.41, 5.74) is 6.27. The standard InChI is InChI=1S/C9H17NO/c1-11-6-9(10)5-7-2-3-8(9)4-7/h7-8H,2-6,10H2,1H3/t7-,8+,9+/m1/s1. The molecule has 2 heteroatoms. The van der Waals surface area contributed by atoms with Crippen molar-refractivity contribution in [2.75, 3.05) is 13.7 Å². The van der Waals surface area contributed by atoms with Crippen LogP contribution in [0.2, 0.25) is 0 Å². The molecular weight excluding hydrogens is 138 g/mol. The van der Waals surface area contributed by atoms with Gasteiger partial charge in [-0.1, -0.05) is 6.42 Å². The van der Waals surface area contributed by atoms with Gasteiger partial charge in [-0.05, 0) is 31.1 Å². The van der Waals surface area contributed by atoms with Crippen molar-refractivity contribution in [3.05, 3.63) is 0 Å². The van der Waals surface area contributed by atoms with Gasteiger partial charge >= 0.3 is 0 Å². The van der Waals surface area contributed by atoms with E-state index in [1.807, 2.05) is 0 Å². The fourth-order valence-corrected chi connectivity index (χ4v) is 2.93. The number of rotatable bonds is 2. The van der Waals surface area contributed by atoms with Gasteiger partial charge in [0.25, 0.3) is 0 Å². The van der Waals surface area contributed by atoms with Crippen molar-refractivity contribution < 1.29 is 4.74 Å². The summed E-state index contributed by atoms with van der Waals surface area (Å²) in [6.07, 6.45) is 5.31. The minimum absolute atomic E-state index is 0.0394. The van der Waals surface area contributed by atoms with E-state index >= 15 is 0 Å². The molecule has 3 atom stereocenters. The molecule has 0 radical (unpaired) electrons. The summed E-state index contributed by atoms with van der Waals surface area (Å²) >= 11 is 0. The van der Waals surface area contributed by atoms with Gasteiger partial charge in [0, 0.05) is 12.6 Å². The van der Waals surface area contributed by atoms with Crippen molar-refractivity contribution in [3.8, 4) is 0 Å². The summed E-state index contributed by atoms with van der Waals surface area (Å²) in [5.74, 6) is 1.67. The molecule has 2 aliphatic rings. The van der Waals surface area contributed by atoms with E-state index in [2.05, 4.69) is 0 Å². The van der Waals surface area contributed by atoms with Crippen molar-refractivity contribution in [1.29, 1.82) is 0 Å². The quantitative estimate of drug-likeness (QED) is 0.649. The maximum absolute atomic E-state index is 6.23. The Balaban J connectivity index is 2.04. The Labute approximate surface area is 68.1 Å². The summed E-state index contributed by atoms with van der Waals surface area (Å²) in [7, 11) is 1.75. The SMILES string of the molecule is COC[C@@]1(N)C[C@@H]2CC[C@H]1C2. The number of methoxy groups -OCH3 is 1. The summed E-state index contributed by atoms with van der Waals surface area (Å²) in [4.78, 5) is 0. The van der Waals surface area contributed by atoms with Gasteiger partial charge in [0.15, 0.2) is 0 Å². The molecule has 2 fully saturated rings. The van der Waals surface area contributed by atoms with E-state index in [0.717, 1.165) is 18.4 Å². The van der Waals surface area contributed by atoms with Crippen LogP contribution in [0.1, 0.15) is 25.7 Å². The molecule has 11 heavy (non-hydrogen) atoms. The Bertz CT molecular complexity index is 160. The molecule has 2 nitrogen and oxygen atoms in total. The summed E-state index contributed by atoms with van der Waals surface area (Å²) in [6, 6.07) is 0. The first kappa shape index (κ1) is 7.56. The largest absolute Gasteiger partial charge is 0.383 e. The third-order valence-corrected chi connectivity index (χ3v) is 3.44. The Morgan fingerprint density at radius 3 is 2.82 bits per heavy atom. The van der Waals surface area contributed by atoms with Gasteiger partial charge in [-0.3, -0.25) is 0 Å². The van der Waals surface area contributed by atoms with Crippen LogP contribution in [-0.2, 0) is 4.74 Å². The van der Waals surface area contributed by atoms with Gasteiger partial charge in [-0.2, -0.15) is 0 Å². The second-order valence-corrected chi connectivity index (χ2v) is 4.25. The average molecular weight is 155 g/mol. The Hall–Kier alpha value is -0.0800. The zero-order valence-electron chi connectivity index (χ0n) is 7.18. The van der Waals surface area contributed by atoms with E-state index in [9.17, 15) is 0 Å². The molecule has 0 aromatic heterocycles. The highest BCUT2D eigenvalue weighted by molar-refractivity contribution is 5.04. The van der Waals surface area contributed by atoms with E-state index in [0.29, 0.717) is 0 Å². The highest BCUT2D eigenvalue weighted by Gasteiger charge is 2.48. The first-order valence-electron chi connectivity index (χ1n) is 4.52. The molecule has 2 saturated carbocycles. The number of nitrogens with two attached hydrogens (primary N) is 1. The van der Waals surface area contributed by atoms with Gasteiger partial charge in [-0.25, -0.2) is 0 Å². The fourth-order valence-electron chi connectivity index (χ4n) is 2.93. The van der Waals surface area contributed by atoms with Crippen LogP contribution in [0, 0.1) is 11.8 Å². The number of hydrogen-bond acceptors (Lipinski definition) is 2. The number of fused-ring (bicyclic) bond motifs is 2. The molecule has 64 valence electrons. The molecule has 2 aliphatic carbocycles. The first-order valence-corrected chi connectivity index (χ1v) is 4.52. The Morgan fingerprint density at radius 1 is 1.55 bits per heavy atom. The lowest BCUT2D eigenvalue weighted by atomic mass is 9.82. The lowest BCUT2D eigenvalue weighted by Crippen LogP contribution is -2.48. The molecule has 0 aliphatic heterocycles. The molecule has 2 bridgehead atoms. The monoisotopic (exact) mass is 155 g/mol. The molecule has 0 unspecified atom stereocenters. The zero-order valence-corrected chi connectivity index (χ0v) is 7.18. The van der Waals surface area contributed by atoms with Gasteiger partial charge < -0.3 is 10.5 Å². The van der Waals surface area contributed by atoms with Crippen LogP contribution >= 0.6 is 0 Å². The van der Waals surface area contributed by atoms with Crippen LogP contribution in [0.4, 0.5) is 0 Å². The number of hydrogen-bond donors (Lipinski definition) is 1. The summed E-state index contributed by atoms with van der Waals surface area (Å²) in [6.45, 7) is 0.758. The molecule has 0 spiro atoms. The van der Waals surface area contributed by atoms with E-state index in [1.54, 1.807) is 7.11 Å². The molecule has 0 amide bonds. The molecule has 2 rings (SSSR count). The first-order chi connectivity index (χ1) is 5.24. The van der Waals surface area contributed by atoms with Gasteiger partial charge in [0.05, 0.1) is 6.61 Å².